The van der Waals surface area contributed by atoms with E-state index in [4.69, 9.17) is 5.73 Å². The molecule has 1 heterocycles. The Morgan fingerprint density at radius 2 is 1.93 bits per heavy atom. The standard InChI is InChI=1S/C10H8F2N2S/c11-8-2-1-3-9(12)7(8)4-6-5-15-14-10(6)13/h1-3,5H,4H2,(H2,13,14). The molecule has 0 spiro atoms. The van der Waals surface area contributed by atoms with Crippen LogP contribution < -0.4 is 5.73 Å². The van der Waals surface area contributed by atoms with Gasteiger partial charge >= 0.3 is 0 Å². The first kappa shape index (κ1) is 10.0. The number of rotatable bonds is 2. The van der Waals surface area contributed by atoms with Gasteiger partial charge in [0, 0.05) is 22.9 Å². The molecule has 0 atom stereocenters. The largest absolute Gasteiger partial charge is 0.383 e. The van der Waals surface area contributed by atoms with Crippen molar-refractivity contribution in [1.82, 2.24) is 4.37 Å². The van der Waals surface area contributed by atoms with Crippen LogP contribution in [0.4, 0.5) is 14.6 Å². The molecule has 0 bridgehead atoms. The van der Waals surface area contributed by atoms with Gasteiger partial charge in [-0.3, -0.25) is 0 Å². The Labute approximate surface area is 89.5 Å². The second kappa shape index (κ2) is 3.94. The lowest BCUT2D eigenvalue weighted by Crippen LogP contribution is -1.98. The fourth-order valence-corrected chi connectivity index (χ4v) is 1.90. The monoisotopic (exact) mass is 226 g/mol. The summed E-state index contributed by atoms with van der Waals surface area (Å²) in [6.07, 6.45) is 0.140. The Morgan fingerprint density at radius 1 is 1.27 bits per heavy atom. The molecule has 0 fully saturated rings. The van der Waals surface area contributed by atoms with Crippen LogP contribution in [0.5, 0.6) is 0 Å². The molecule has 5 heteroatoms. The molecule has 0 aliphatic carbocycles. The van der Waals surface area contributed by atoms with Gasteiger partial charge in [-0.05, 0) is 23.7 Å². The average Bonchev–Trinajstić information content (AvgIpc) is 2.58. The molecule has 15 heavy (non-hydrogen) atoms. The van der Waals surface area contributed by atoms with Gasteiger partial charge in [0.2, 0.25) is 0 Å². The van der Waals surface area contributed by atoms with Crippen molar-refractivity contribution in [2.75, 3.05) is 5.73 Å². The normalized spacial score (nSPS) is 10.5. The highest BCUT2D eigenvalue weighted by Gasteiger charge is 2.11. The number of aromatic nitrogens is 1. The van der Waals surface area contributed by atoms with Crippen LogP contribution in [0.15, 0.2) is 23.6 Å². The van der Waals surface area contributed by atoms with Crippen molar-refractivity contribution in [3.63, 3.8) is 0 Å². The quantitative estimate of drug-likeness (QED) is 0.854. The predicted octanol–water partition coefficient (Wildman–Crippen LogP) is 2.59. The number of anilines is 1. The minimum atomic E-state index is -0.555. The summed E-state index contributed by atoms with van der Waals surface area (Å²) in [6.45, 7) is 0. The molecule has 0 unspecified atom stereocenters. The summed E-state index contributed by atoms with van der Waals surface area (Å²) in [5.41, 5.74) is 6.23. The number of halogens is 2. The Balaban J connectivity index is 2.36. The summed E-state index contributed by atoms with van der Waals surface area (Å²) in [5.74, 6) is -0.774. The fraction of sp³-hybridized carbons (Fsp3) is 0.100. The van der Waals surface area contributed by atoms with E-state index in [0.29, 0.717) is 11.4 Å². The minimum absolute atomic E-state index is 0.0319. The first-order valence-electron chi connectivity index (χ1n) is 4.30. The SMILES string of the molecule is Nc1nscc1Cc1c(F)cccc1F. The van der Waals surface area contributed by atoms with Gasteiger partial charge in [0.1, 0.15) is 17.5 Å². The Morgan fingerprint density at radius 3 is 2.47 bits per heavy atom. The number of benzene rings is 1. The molecule has 2 aromatic rings. The van der Waals surface area contributed by atoms with Crippen LogP contribution in [0, 0.1) is 11.6 Å². The van der Waals surface area contributed by atoms with Gasteiger partial charge in [0.25, 0.3) is 0 Å². The van der Waals surface area contributed by atoms with Crippen LogP contribution in [0.3, 0.4) is 0 Å². The topological polar surface area (TPSA) is 38.9 Å². The second-order valence-corrected chi connectivity index (χ2v) is 3.73. The zero-order valence-corrected chi connectivity index (χ0v) is 8.52. The lowest BCUT2D eigenvalue weighted by atomic mass is 10.1. The van der Waals surface area contributed by atoms with Gasteiger partial charge in [-0.15, -0.1) is 0 Å². The third kappa shape index (κ3) is 1.97. The van der Waals surface area contributed by atoms with Crippen molar-refractivity contribution >= 4 is 17.4 Å². The molecule has 1 aromatic heterocycles. The van der Waals surface area contributed by atoms with Crippen molar-refractivity contribution in [3.05, 3.63) is 46.3 Å². The predicted molar refractivity (Wildman–Crippen MR) is 55.7 cm³/mol. The summed E-state index contributed by atoms with van der Waals surface area (Å²) in [7, 11) is 0. The first-order chi connectivity index (χ1) is 7.18. The second-order valence-electron chi connectivity index (χ2n) is 3.10. The molecule has 78 valence electrons. The highest BCUT2D eigenvalue weighted by molar-refractivity contribution is 7.04. The number of hydrogen-bond donors (Lipinski definition) is 1. The molecule has 0 saturated heterocycles. The summed E-state index contributed by atoms with van der Waals surface area (Å²) in [6, 6.07) is 3.80. The third-order valence-corrected chi connectivity index (χ3v) is 2.80. The van der Waals surface area contributed by atoms with Crippen LogP contribution in [-0.2, 0) is 6.42 Å². The maximum atomic E-state index is 13.3. The van der Waals surface area contributed by atoms with Crippen molar-refractivity contribution in [2.45, 2.75) is 6.42 Å². The summed E-state index contributed by atoms with van der Waals surface area (Å²) < 4.78 is 30.4. The first-order valence-corrected chi connectivity index (χ1v) is 5.13. The molecule has 2 rings (SSSR count). The lowest BCUT2D eigenvalue weighted by molar-refractivity contribution is 0.561. The van der Waals surface area contributed by atoms with Crippen molar-refractivity contribution in [3.8, 4) is 0 Å². The van der Waals surface area contributed by atoms with Gasteiger partial charge in [0.15, 0.2) is 0 Å². The zero-order chi connectivity index (χ0) is 10.8. The molecule has 0 aliphatic heterocycles. The summed E-state index contributed by atoms with van der Waals surface area (Å²) >= 11 is 1.18. The van der Waals surface area contributed by atoms with E-state index in [0.717, 1.165) is 0 Å². The van der Waals surface area contributed by atoms with E-state index in [1.54, 1.807) is 5.38 Å². The molecule has 1 aromatic carbocycles. The maximum absolute atomic E-state index is 13.3. The van der Waals surface area contributed by atoms with Crippen molar-refractivity contribution < 1.29 is 8.78 Å². The van der Waals surface area contributed by atoms with Gasteiger partial charge in [-0.2, -0.15) is 4.37 Å². The van der Waals surface area contributed by atoms with E-state index in [9.17, 15) is 8.78 Å². The Kier molecular flexibility index (Phi) is 2.64. The number of hydrogen-bond acceptors (Lipinski definition) is 3. The van der Waals surface area contributed by atoms with Crippen LogP contribution in [-0.4, -0.2) is 4.37 Å². The van der Waals surface area contributed by atoms with Gasteiger partial charge in [0.05, 0.1) is 0 Å². The van der Waals surface area contributed by atoms with Gasteiger partial charge in [-0.1, -0.05) is 6.07 Å². The number of nitrogen functional groups attached to an aromatic ring is 1. The number of nitrogens with zero attached hydrogens (tertiary/aromatic N) is 1. The third-order valence-electron chi connectivity index (χ3n) is 2.10. The van der Waals surface area contributed by atoms with E-state index in [2.05, 4.69) is 4.37 Å². The van der Waals surface area contributed by atoms with Crippen LogP contribution >= 0.6 is 11.5 Å². The van der Waals surface area contributed by atoms with Crippen molar-refractivity contribution in [1.29, 1.82) is 0 Å². The molecule has 2 N–H and O–H groups in total. The highest BCUT2D eigenvalue weighted by Crippen LogP contribution is 2.21. The van der Waals surface area contributed by atoms with E-state index in [1.807, 2.05) is 0 Å². The Bertz CT molecular complexity index is 462. The lowest BCUT2D eigenvalue weighted by Gasteiger charge is -2.03. The zero-order valence-electron chi connectivity index (χ0n) is 7.71. The average molecular weight is 226 g/mol. The molecule has 0 aliphatic rings. The van der Waals surface area contributed by atoms with E-state index in [-0.39, 0.29) is 12.0 Å². The van der Waals surface area contributed by atoms with Crippen LogP contribution in [0.1, 0.15) is 11.1 Å². The molecular formula is C10H8F2N2S. The maximum Gasteiger partial charge on any atom is 0.140 e. The smallest absolute Gasteiger partial charge is 0.140 e. The van der Waals surface area contributed by atoms with Crippen molar-refractivity contribution in [2.24, 2.45) is 0 Å². The van der Waals surface area contributed by atoms with E-state index in [1.165, 1.54) is 29.7 Å². The minimum Gasteiger partial charge on any atom is -0.383 e. The van der Waals surface area contributed by atoms with Crippen LogP contribution in [0.2, 0.25) is 0 Å². The van der Waals surface area contributed by atoms with Gasteiger partial charge in [-0.25, -0.2) is 8.78 Å². The van der Waals surface area contributed by atoms with E-state index < -0.39 is 11.6 Å². The number of nitrogens with two attached hydrogens (primary N) is 1. The summed E-state index contributed by atoms with van der Waals surface area (Å²) in [4.78, 5) is 0. The highest BCUT2D eigenvalue weighted by atomic mass is 32.1. The van der Waals surface area contributed by atoms with Crippen LogP contribution in [0.25, 0.3) is 0 Å². The Hall–Kier alpha value is -1.49. The summed E-state index contributed by atoms with van der Waals surface area (Å²) in [5, 5.41) is 1.70. The van der Waals surface area contributed by atoms with E-state index >= 15 is 0 Å². The molecular weight excluding hydrogens is 218 g/mol. The molecule has 0 saturated carbocycles. The van der Waals surface area contributed by atoms with Gasteiger partial charge < -0.3 is 5.73 Å². The fourth-order valence-electron chi connectivity index (χ4n) is 1.29. The molecule has 2 nitrogen and oxygen atoms in total. The molecule has 0 radical (unpaired) electrons. The molecule has 0 amide bonds.